The van der Waals surface area contributed by atoms with Crippen molar-refractivity contribution >= 4 is 34.1 Å². The van der Waals surface area contributed by atoms with E-state index in [-0.39, 0.29) is 18.0 Å². The van der Waals surface area contributed by atoms with Gasteiger partial charge >= 0.3 is 0 Å². The number of para-hydroxylation sites is 1. The summed E-state index contributed by atoms with van der Waals surface area (Å²) < 4.78 is 14.0. The Bertz CT molecular complexity index is 1320. The maximum absolute atomic E-state index is 14.0. The summed E-state index contributed by atoms with van der Waals surface area (Å²) in [4.78, 5) is 34.1. The van der Waals surface area contributed by atoms with Crippen molar-refractivity contribution in [3.05, 3.63) is 105 Å². The van der Waals surface area contributed by atoms with Gasteiger partial charge in [-0.3, -0.25) is 14.6 Å². The number of nitrogens with one attached hydrogen (secondary N) is 1. The fourth-order valence-corrected chi connectivity index (χ4v) is 3.47. The number of hydrogen-bond donors (Lipinski definition) is 1. The Kier molecular flexibility index (Phi) is 5.33. The van der Waals surface area contributed by atoms with E-state index in [2.05, 4.69) is 9.97 Å². The van der Waals surface area contributed by atoms with E-state index in [1.807, 2.05) is 6.92 Å². The quantitative estimate of drug-likeness (QED) is 0.511. The van der Waals surface area contributed by atoms with E-state index in [0.29, 0.717) is 27.2 Å². The zero-order valence-corrected chi connectivity index (χ0v) is 16.8. The van der Waals surface area contributed by atoms with Crippen LogP contribution in [0.1, 0.15) is 21.5 Å². The SMILES string of the molecule is Cc1ccncc1C(=O)N(Cc1cc2cccc(F)c2[nH]c1=O)c1cccc(Cl)c1. The standard InChI is InChI=1S/C23H17ClFN3O2/c1-14-8-9-26-12-19(14)23(30)28(18-6-3-5-17(24)11-18)13-16-10-15-4-2-7-20(25)21(15)27-22(16)29/h2-12H,13H2,1H3,(H,27,29). The van der Waals surface area contributed by atoms with E-state index >= 15 is 0 Å². The van der Waals surface area contributed by atoms with Crippen molar-refractivity contribution in [1.29, 1.82) is 0 Å². The highest BCUT2D eigenvalue weighted by Crippen LogP contribution is 2.24. The third kappa shape index (κ3) is 3.82. The summed E-state index contributed by atoms with van der Waals surface area (Å²) in [5.74, 6) is -0.827. The first kappa shape index (κ1) is 19.8. The number of nitrogens with zero attached hydrogens (tertiary/aromatic N) is 2. The molecule has 0 bridgehead atoms. The summed E-state index contributed by atoms with van der Waals surface area (Å²) in [7, 11) is 0. The average Bonchev–Trinajstić information content (AvgIpc) is 2.73. The highest BCUT2D eigenvalue weighted by atomic mass is 35.5. The Morgan fingerprint density at radius 2 is 1.97 bits per heavy atom. The molecule has 0 unspecified atom stereocenters. The molecule has 4 rings (SSSR count). The van der Waals surface area contributed by atoms with Gasteiger partial charge in [0.2, 0.25) is 0 Å². The minimum absolute atomic E-state index is 0.0186. The number of pyridine rings is 2. The van der Waals surface area contributed by atoms with Crippen LogP contribution in [0.25, 0.3) is 10.9 Å². The Morgan fingerprint density at radius 3 is 2.73 bits per heavy atom. The molecule has 1 amide bonds. The van der Waals surface area contributed by atoms with E-state index < -0.39 is 11.4 Å². The number of aromatic nitrogens is 2. The van der Waals surface area contributed by atoms with Crippen molar-refractivity contribution in [2.75, 3.05) is 4.90 Å². The molecule has 7 heteroatoms. The molecular formula is C23H17ClFN3O2. The van der Waals surface area contributed by atoms with Crippen LogP contribution in [0.4, 0.5) is 10.1 Å². The number of carbonyl (C=O) groups is 1. The van der Waals surface area contributed by atoms with Crippen LogP contribution >= 0.6 is 11.6 Å². The predicted molar refractivity (Wildman–Crippen MR) is 115 cm³/mol. The zero-order valence-electron chi connectivity index (χ0n) is 16.0. The van der Waals surface area contributed by atoms with Gasteiger partial charge in [0, 0.05) is 34.1 Å². The van der Waals surface area contributed by atoms with Gasteiger partial charge in [-0.2, -0.15) is 0 Å². The number of benzene rings is 2. The molecule has 1 N–H and O–H groups in total. The van der Waals surface area contributed by atoms with Crippen molar-refractivity contribution in [2.24, 2.45) is 0 Å². The highest BCUT2D eigenvalue weighted by Gasteiger charge is 2.22. The molecule has 2 aromatic carbocycles. The summed E-state index contributed by atoms with van der Waals surface area (Å²) in [5.41, 5.74) is 1.71. The molecule has 5 nitrogen and oxygen atoms in total. The first-order chi connectivity index (χ1) is 14.4. The smallest absolute Gasteiger partial charge is 0.260 e. The van der Waals surface area contributed by atoms with Crippen molar-refractivity contribution in [3.63, 3.8) is 0 Å². The van der Waals surface area contributed by atoms with Gasteiger partial charge in [-0.25, -0.2) is 4.39 Å². The maximum atomic E-state index is 14.0. The number of fused-ring (bicyclic) bond motifs is 1. The van der Waals surface area contributed by atoms with Gasteiger partial charge in [-0.05, 0) is 48.9 Å². The van der Waals surface area contributed by atoms with E-state index in [9.17, 15) is 14.0 Å². The number of carbonyl (C=O) groups excluding carboxylic acids is 1. The molecule has 0 radical (unpaired) electrons. The van der Waals surface area contributed by atoms with Gasteiger partial charge < -0.3 is 9.88 Å². The number of hydrogen-bond acceptors (Lipinski definition) is 3. The average molecular weight is 422 g/mol. The van der Waals surface area contributed by atoms with E-state index in [1.165, 1.54) is 17.2 Å². The lowest BCUT2D eigenvalue weighted by Gasteiger charge is -2.24. The molecule has 0 saturated heterocycles. The summed E-state index contributed by atoms with van der Waals surface area (Å²) in [6, 6.07) is 14.7. The first-order valence-corrected chi connectivity index (χ1v) is 9.60. The molecule has 30 heavy (non-hydrogen) atoms. The van der Waals surface area contributed by atoms with Gasteiger partial charge in [0.25, 0.3) is 11.5 Å². The van der Waals surface area contributed by atoms with Crippen LogP contribution in [0, 0.1) is 12.7 Å². The van der Waals surface area contributed by atoms with Crippen molar-refractivity contribution in [1.82, 2.24) is 9.97 Å². The Labute approximate surface area is 176 Å². The minimum atomic E-state index is -0.509. The molecule has 2 heterocycles. The fraction of sp³-hybridized carbons (Fsp3) is 0.0870. The molecule has 0 spiro atoms. The number of amides is 1. The van der Waals surface area contributed by atoms with Crippen LogP contribution in [0.3, 0.4) is 0 Å². The second-order valence-corrected chi connectivity index (χ2v) is 7.33. The summed E-state index contributed by atoms with van der Waals surface area (Å²) in [5, 5.41) is 1.00. The van der Waals surface area contributed by atoms with Gasteiger partial charge in [0.05, 0.1) is 17.6 Å². The Morgan fingerprint density at radius 1 is 1.17 bits per heavy atom. The molecule has 0 saturated carbocycles. The minimum Gasteiger partial charge on any atom is -0.319 e. The fourth-order valence-electron chi connectivity index (χ4n) is 3.29. The Balaban J connectivity index is 1.82. The van der Waals surface area contributed by atoms with Crippen LogP contribution in [-0.2, 0) is 6.54 Å². The van der Waals surface area contributed by atoms with Crippen molar-refractivity contribution < 1.29 is 9.18 Å². The van der Waals surface area contributed by atoms with Gasteiger partial charge in [-0.1, -0.05) is 29.8 Å². The van der Waals surface area contributed by atoms with Gasteiger partial charge in [-0.15, -0.1) is 0 Å². The second kappa shape index (κ2) is 8.08. The molecule has 4 aromatic rings. The number of anilines is 1. The summed E-state index contributed by atoms with van der Waals surface area (Å²) in [6.07, 6.45) is 3.10. The first-order valence-electron chi connectivity index (χ1n) is 9.22. The number of rotatable bonds is 4. The van der Waals surface area contributed by atoms with Gasteiger partial charge in [0.15, 0.2) is 0 Å². The number of aryl methyl sites for hydroxylation is 1. The summed E-state index contributed by atoms with van der Waals surface area (Å²) in [6.45, 7) is 1.80. The van der Waals surface area contributed by atoms with Crippen LogP contribution in [0.5, 0.6) is 0 Å². The lowest BCUT2D eigenvalue weighted by molar-refractivity contribution is 0.0984. The molecule has 2 aromatic heterocycles. The lowest BCUT2D eigenvalue weighted by atomic mass is 10.1. The van der Waals surface area contributed by atoms with E-state index in [4.69, 9.17) is 11.6 Å². The zero-order chi connectivity index (χ0) is 21.3. The molecule has 150 valence electrons. The molecule has 0 aliphatic rings. The molecule has 0 aliphatic carbocycles. The molecule has 0 fully saturated rings. The van der Waals surface area contributed by atoms with Crippen LogP contribution in [0.2, 0.25) is 5.02 Å². The van der Waals surface area contributed by atoms with Crippen LogP contribution in [0.15, 0.2) is 71.8 Å². The molecule has 0 atom stereocenters. The monoisotopic (exact) mass is 421 g/mol. The van der Waals surface area contributed by atoms with Crippen molar-refractivity contribution in [3.8, 4) is 0 Å². The number of H-pyrrole nitrogens is 1. The van der Waals surface area contributed by atoms with Gasteiger partial charge in [0.1, 0.15) is 5.82 Å². The third-order valence-electron chi connectivity index (χ3n) is 4.87. The Hall–Kier alpha value is -3.51. The van der Waals surface area contributed by atoms with Crippen LogP contribution < -0.4 is 10.5 Å². The topological polar surface area (TPSA) is 66.1 Å². The molecular weight excluding hydrogens is 405 g/mol. The largest absolute Gasteiger partial charge is 0.319 e. The maximum Gasteiger partial charge on any atom is 0.260 e. The number of halogens is 2. The highest BCUT2D eigenvalue weighted by molar-refractivity contribution is 6.31. The van der Waals surface area contributed by atoms with E-state index in [0.717, 1.165) is 5.56 Å². The van der Waals surface area contributed by atoms with Crippen molar-refractivity contribution in [2.45, 2.75) is 13.5 Å². The molecule has 0 aliphatic heterocycles. The second-order valence-electron chi connectivity index (χ2n) is 6.89. The predicted octanol–water partition coefficient (Wildman–Crippen LogP) is 4.87. The summed E-state index contributed by atoms with van der Waals surface area (Å²) >= 11 is 6.14. The lowest BCUT2D eigenvalue weighted by Crippen LogP contribution is -2.33. The van der Waals surface area contributed by atoms with Crippen LogP contribution in [-0.4, -0.2) is 15.9 Å². The number of aromatic amines is 1. The normalized spacial score (nSPS) is 10.9. The third-order valence-corrected chi connectivity index (χ3v) is 5.10. The van der Waals surface area contributed by atoms with E-state index in [1.54, 1.807) is 54.7 Å².